The molecule has 1 atom stereocenters. The SMILES string of the molecule is CC(C)C(OC(=O)c1ccccc1)C(F)(F)C(=O)O. The number of ether oxygens (including phenoxy) is 1. The van der Waals surface area contributed by atoms with E-state index in [1.165, 1.54) is 26.0 Å². The van der Waals surface area contributed by atoms with Gasteiger partial charge in [0.1, 0.15) is 0 Å². The van der Waals surface area contributed by atoms with E-state index in [0.717, 1.165) is 0 Å². The van der Waals surface area contributed by atoms with Crippen LogP contribution in [0.3, 0.4) is 0 Å². The standard InChI is InChI=1S/C13H14F2O4/c1-8(2)10(13(14,15)12(17)18)19-11(16)9-6-4-3-5-7-9/h3-8,10H,1-2H3,(H,17,18). The Morgan fingerprint density at radius 3 is 2.16 bits per heavy atom. The van der Waals surface area contributed by atoms with Gasteiger partial charge in [0.2, 0.25) is 0 Å². The first kappa shape index (κ1) is 15.1. The molecule has 104 valence electrons. The van der Waals surface area contributed by atoms with Crippen molar-refractivity contribution < 1.29 is 28.2 Å². The molecule has 0 aromatic heterocycles. The minimum Gasteiger partial charge on any atom is -0.477 e. The van der Waals surface area contributed by atoms with Crippen molar-refractivity contribution >= 4 is 11.9 Å². The number of carbonyl (C=O) groups excluding carboxylic acids is 1. The van der Waals surface area contributed by atoms with Gasteiger partial charge in [0.15, 0.2) is 6.10 Å². The van der Waals surface area contributed by atoms with Crippen LogP contribution in [0.5, 0.6) is 0 Å². The zero-order chi connectivity index (χ0) is 14.6. The molecule has 1 unspecified atom stereocenters. The van der Waals surface area contributed by atoms with Gasteiger partial charge in [-0.3, -0.25) is 0 Å². The molecule has 1 aromatic carbocycles. The van der Waals surface area contributed by atoms with Crippen LogP contribution in [0.15, 0.2) is 30.3 Å². The first-order valence-corrected chi connectivity index (χ1v) is 5.64. The molecule has 0 amide bonds. The third-order valence-electron chi connectivity index (χ3n) is 2.49. The van der Waals surface area contributed by atoms with E-state index >= 15 is 0 Å². The first-order chi connectivity index (χ1) is 8.76. The molecule has 0 fully saturated rings. The fourth-order valence-electron chi connectivity index (χ4n) is 1.51. The van der Waals surface area contributed by atoms with E-state index in [9.17, 15) is 18.4 Å². The summed E-state index contributed by atoms with van der Waals surface area (Å²) in [5.41, 5.74) is 0.0920. The van der Waals surface area contributed by atoms with Crippen LogP contribution >= 0.6 is 0 Å². The Labute approximate surface area is 109 Å². The molecule has 19 heavy (non-hydrogen) atoms. The van der Waals surface area contributed by atoms with Crippen molar-refractivity contribution in [2.24, 2.45) is 5.92 Å². The monoisotopic (exact) mass is 272 g/mol. The molecular formula is C13H14F2O4. The van der Waals surface area contributed by atoms with Crippen molar-refractivity contribution in [1.29, 1.82) is 0 Å². The van der Waals surface area contributed by atoms with Gasteiger partial charge in [-0.05, 0) is 18.1 Å². The molecule has 0 aliphatic heterocycles. The molecule has 4 nitrogen and oxygen atoms in total. The molecule has 6 heteroatoms. The molecule has 0 aliphatic rings. The minimum atomic E-state index is -4.13. The third kappa shape index (κ3) is 3.49. The van der Waals surface area contributed by atoms with Crippen LogP contribution in [-0.2, 0) is 9.53 Å². The second-order valence-corrected chi connectivity index (χ2v) is 4.36. The Kier molecular flexibility index (Phi) is 4.58. The second-order valence-electron chi connectivity index (χ2n) is 4.36. The van der Waals surface area contributed by atoms with Gasteiger partial charge in [-0.1, -0.05) is 32.0 Å². The summed E-state index contributed by atoms with van der Waals surface area (Å²) in [5, 5.41) is 8.50. The lowest BCUT2D eigenvalue weighted by molar-refractivity contribution is -0.187. The van der Waals surface area contributed by atoms with Crippen LogP contribution in [-0.4, -0.2) is 29.1 Å². The number of carboxylic acids is 1. The quantitative estimate of drug-likeness (QED) is 0.837. The zero-order valence-corrected chi connectivity index (χ0v) is 10.5. The third-order valence-corrected chi connectivity index (χ3v) is 2.49. The number of rotatable bonds is 5. The average molecular weight is 272 g/mol. The van der Waals surface area contributed by atoms with E-state index in [-0.39, 0.29) is 5.56 Å². The Morgan fingerprint density at radius 1 is 1.21 bits per heavy atom. The first-order valence-electron chi connectivity index (χ1n) is 5.64. The Balaban J connectivity index is 2.92. The van der Waals surface area contributed by atoms with Crippen LogP contribution in [0.25, 0.3) is 0 Å². The molecule has 0 saturated heterocycles. The van der Waals surface area contributed by atoms with Crippen LogP contribution in [0, 0.1) is 5.92 Å². The van der Waals surface area contributed by atoms with Gasteiger partial charge < -0.3 is 9.84 Å². The number of esters is 1. The predicted molar refractivity (Wildman–Crippen MR) is 63.1 cm³/mol. The number of halogens is 2. The summed E-state index contributed by atoms with van der Waals surface area (Å²) in [6, 6.07) is 7.56. The molecule has 1 N–H and O–H groups in total. The predicted octanol–water partition coefficient (Wildman–Crippen LogP) is 2.59. The van der Waals surface area contributed by atoms with Crippen LogP contribution in [0.1, 0.15) is 24.2 Å². The average Bonchev–Trinajstić information content (AvgIpc) is 2.35. The maximum absolute atomic E-state index is 13.5. The van der Waals surface area contributed by atoms with Gasteiger partial charge in [-0.2, -0.15) is 8.78 Å². The highest BCUT2D eigenvalue weighted by molar-refractivity contribution is 5.90. The highest BCUT2D eigenvalue weighted by Crippen LogP contribution is 2.28. The van der Waals surface area contributed by atoms with Gasteiger partial charge in [-0.15, -0.1) is 0 Å². The van der Waals surface area contributed by atoms with Crippen molar-refractivity contribution in [1.82, 2.24) is 0 Å². The fraction of sp³-hybridized carbons (Fsp3) is 0.385. The Bertz CT molecular complexity index is 457. The molecule has 0 aliphatic carbocycles. The summed E-state index contributed by atoms with van der Waals surface area (Å²) < 4.78 is 31.6. The van der Waals surface area contributed by atoms with Crippen molar-refractivity contribution in [3.8, 4) is 0 Å². The lowest BCUT2D eigenvalue weighted by Gasteiger charge is -2.26. The molecule has 0 spiro atoms. The largest absolute Gasteiger partial charge is 0.477 e. The van der Waals surface area contributed by atoms with E-state index in [1.807, 2.05) is 0 Å². The van der Waals surface area contributed by atoms with Gasteiger partial charge in [0.05, 0.1) is 5.56 Å². The molecule has 0 bridgehead atoms. The number of hydrogen-bond acceptors (Lipinski definition) is 3. The molecular weight excluding hydrogens is 258 g/mol. The number of alkyl halides is 2. The van der Waals surface area contributed by atoms with Gasteiger partial charge in [0, 0.05) is 0 Å². The van der Waals surface area contributed by atoms with Crippen LogP contribution in [0.2, 0.25) is 0 Å². The normalized spacial score (nSPS) is 13.1. The highest BCUT2D eigenvalue weighted by Gasteiger charge is 2.51. The maximum atomic E-state index is 13.5. The van der Waals surface area contributed by atoms with Gasteiger partial charge in [0.25, 0.3) is 0 Å². The number of aliphatic carboxylic acids is 1. The van der Waals surface area contributed by atoms with E-state index in [1.54, 1.807) is 18.2 Å². The summed E-state index contributed by atoms with van der Waals surface area (Å²) in [6.07, 6.45) is -2.02. The van der Waals surface area contributed by atoms with E-state index in [2.05, 4.69) is 4.74 Å². The smallest absolute Gasteiger partial charge is 0.378 e. The minimum absolute atomic E-state index is 0.0920. The number of benzene rings is 1. The van der Waals surface area contributed by atoms with Gasteiger partial charge >= 0.3 is 17.9 Å². The summed E-state index contributed by atoms with van der Waals surface area (Å²) in [5.74, 6) is -8.25. The topological polar surface area (TPSA) is 63.6 Å². The van der Waals surface area contributed by atoms with E-state index < -0.39 is 29.9 Å². The van der Waals surface area contributed by atoms with Crippen molar-refractivity contribution in [3.05, 3.63) is 35.9 Å². The number of hydrogen-bond donors (Lipinski definition) is 1. The zero-order valence-electron chi connectivity index (χ0n) is 10.5. The van der Waals surface area contributed by atoms with E-state index in [4.69, 9.17) is 5.11 Å². The second kappa shape index (κ2) is 5.77. The molecule has 0 heterocycles. The summed E-state index contributed by atoms with van der Waals surface area (Å²) >= 11 is 0. The number of carbonyl (C=O) groups is 2. The lowest BCUT2D eigenvalue weighted by atomic mass is 10.0. The molecule has 1 aromatic rings. The maximum Gasteiger partial charge on any atom is 0.378 e. The molecule has 0 saturated carbocycles. The van der Waals surface area contributed by atoms with Crippen molar-refractivity contribution in [2.75, 3.05) is 0 Å². The number of carboxylic acid groups (broad SMARTS) is 1. The summed E-state index contributed by atoms with van der Waals surface area (Å²) in [7, 11) is 0. The Hall–Kier alpha value is -1.98. The summed E-state index contributed by atoms with van der Waals surface area (Å²) in [4.78, 5) is 22.2. The lowest BCUT2D eigenvalue weighted by Crippen LogP contribution is -2.47. The van der Waals surface area contributed by atoms with Gasteiger partial charge in [-0.25, -0.2) is 9.59 Å². The highest BCUT2D eigenvalue weighted by atomic mass is 19.3. The fourth-order valence-corrected chi connectivity index (χ4v) is 1.51. The van der Waals surface area contributed by atoms with Crippen LogP contribution < -0.4 is 0 Å². The summed E-state index contributed by atoms with van der Waals surface area (Å²) in [6.45, 7) is 2.72. The molecule has 0 radical (unpaired) electrons. The van der Waals surface area contributed by atoms with E-state index in [0.29, 0.717) is 0 Å². The van der Waals surface area contributed by atoms with Crippen molar-refractivity contribution in [3.63, 3.8) is 0 Å². The molecule has 1 rings (SSSR count). The van der Waals surface area contributed by atoms with Crippen LogP contribution in [0.4, 0.5) is 8.78 Å². The van der Waals surface area contributed by atoms with Crippen molar-refractivity contribution in [2.45, 2.75) is 25.9 Å². The Morgan fingerprint density at radius 2 is 1.74 bits per heavy atom.